The Morgan fingerprint density at radius 1 is 1.46 bits per heavy atom. The molecule has 0 saturated carbocycles. The quantitative estimate of drug-likeness (QED) is 0.604. The zero-order valence-corrected chi connectivity index (χ0v) is 8.46. The second-order valence-electron chi connectivity index (χ2n) is 3.15. The van der Waals surface area contributed by atoms with Gasteiger partial charge < -0.3 is 0 Å². The predicted octanol–water partition coefficient (Wildman–Crippen LogP) is 3.75. The molecule has 0 fully saturated rings. The molecule has 0 unspecified atom stereocenters. The topological polar surface area (TPSA) is 12.4 Å². The first-order valence-corrected chi connectivity index (χ1v) is 4.39. The molecule has 0 spiro atoms. The molecule has 1 nitrogen and oxygen atoms in total. The second kappa shape index (κ2) is 4.04. The minimum Gasteiger partial charge on any atom is -0.264 e. The van der Waals surface area contributed by atoms with Crippen LogP contribution < -0.4 is 0 Å². The van der Waals surface area contributed by atoms with Gasteiger partial charge in [0.2, 0.25) is 0 Å². The fourth-order valence-electron chi connectivity index (χ4n) is 1.26. The van der Waals surface area contributed by atoms with Crippen LogP contribution in [0.5, 0.6) is 0 Å². The van der Waals surface area contributed by atoms with Crippen LogP contribution in [-0.4, -0.2) is 6.72 Å². The van der Waals surface area contributed by atoms with Crippen molar-refractivity contribution in [1.29, 1.82) is 0 Å². The number of nitrogens with zero attached hydrogens (tertiary/aromatic N) is 1. The number of aryl methyl sites for hydroxylation is 1. The van der Waals surface area contributed by atoms with Crippen LogP contribution in [0.1, 0.15) is 25.0 Å². The maximum absolute atomic E-state index is 3.99. The molecule has 0 amide bonds. The highest BCUT2D eigenvalue weighted by atomic mass is 14.7. The third-order valence-electron chi connectivity index (χ3n) is 2.18. The van der Waals surface area contributed by atoms with Gasteiger partial charge in [0.1, 0.15) is 0 Å². The number of benzene rings is 1. The van der Waals surface area contributed by atoms with Crippen LogP contribution >= 0.6 is 0 Å². The number of hydrogen-bond donors (Lipinski definition) is 0. The highest BCUT2D eigenvalue weighted by molar-refractivity contribution is 5.74. The standard InChI is InChI=1S/C12H15N/c1-5-10(3)11-8-9(2)6-7-12(11)13-4/h5-8H,4H2,1-3H3/b10-5-. The van der Waals surface area contributed by atoms with E-state index in [0.717, 1.165) is 5.69 Å². The van der Waals surface area contributed by atoms with E-state index in [1.165, 1.54) is 16.7 Å². The van der Waals surface area contributed by atoms with Crippen LogP contribution in [0.2, 0.25) is 0 Å². The molecule has 0 aliphatic rings. The zero-order valence-electron chi connectivity index (χ0n) is 8.46. The van der Waals surface area contributed by atoms with Crippen molar-refractivity contribution in [3.8, 4) is 0 Å². The van der Waals surface area contributed by atoms with Crippen LogP contribution in [0.4, 0.5) is 5.69 Å². The molecule has 0 heterocycles. The molecule has 1 rings (SSSR count). The van der Waals surface area contributed by atoms with Gasteiger partial charge in [0.25, 0.3) is 0 Å². The maximum atomic E-state index is 3.99. The second-order valence-corrected chi connectivity index (χ2v) is 3.15. The molecule has 0 radical (unpaired) electrons. The summed E-state index contributed by atoms with van der Waals surface area (Å²) >= 11 is 0. The van der Waals surface area contributed by atoms with Gasteiger partial charge in [0.15, 0.2) is 0 Å². The van der Waals surface area contributed by atoms with Gasteiger partial charge in [-0.3, -0.25) is 4.99 Å². The van der Waals surface area contributed by atoms with Gasteiger partial charge in [-0.1, -0.05) is 17.7 Å². The smallest absolute Gasteiger partial charge is 0.0697 e. The van der Waals surface area contributed by atoms with E-state index in [4.69, 9.17) is 0 Å². The van der Waals surface area contributed by atoms with E-state index in [9.17, 15) is 0 Å². The first kappa shape index (κ1) is 9.72. The summed E-state index contributed by atoms with van der Waals surface area (Å²) in [6, 6.07) is 6.19. The van der Waals surface area contributed by atoms with Crippen molar-refractivity contribution in [2.24, 2.45) is 4.99 Å². The molecular formula is C12H15N. The molecule has 0 N–H and O–H groups in total. The summed E-state index contributed by atoms with van der Waals surface area (Å²) in [5, 5.41) is 0. The lowest BCUT2D eigenvalue weighted by molar-refractivity contribution is 1.40. The summed E-state index contributed by atoms with van der Waals surface area (Å²) in [6.07, 6.45) is 2.09. The van der Waals surface area contributed by atoms with Crippen molar-refractivity contribution in [3.05, 3.63) is 35.4 Å². The molecule has 0 aromatic heterocycles. The summed E-state index contributed by atoms with van der Waals surface area (Å²) in [6.45, 7) is 9.76. The lowest BCUT2D eigenvalue weighted by Gasteiger charge is -2.06. The lowest BCUT2D eigenvalue weighted by atomic mass is 10.0. The van der Waals surface area contributed by atoms with Crippen LogP contribution in [-0.2, 0) is 0 Å². The Hall–Kier alpha value is -1.37. The Kier molecular flexibility index (Phi) is 3.02. The largest absolute Gasteiger partial charge is 0.264 e. The van der Waals surface area contributed by atoms with Crippen molar-refractivity contribution < 1.29 is 0 Å². The molecule has 68 valence electrons. The minimum atomic E-state index is 0.959. The SMILES string of the molecule is C=Nc1ccc(C)cc1/C(C)=C\C. The first-order chi connectivity index (χ1) is 6.19. The van der Waals surface area contributed by atoms with Gasteiger partial charge in [-0.15, -0.1) is 0 Å². The number of allylic oxidation sites excluding steroid dienone is 2. The Labute approximate surface area is 79.8 Å². The summed E-state index contributed by atoms with van der Waals surface area (Å²) in [7, 11) is 0. The molecule has 0 aliphatic carbocycles. The summed E-state index contributed by atoms with van der Waals surface area (Å²) in [4.78, 5) is 3.99. The van der Waals surface area contributed by atoms with Gasteiger partial charge in [0, 0.05) is 5.56 Å². The van der Waals surface area contributed by atoms with Gasteiger partial charge in [-0.05, 0) is 45.2 Å². The Bertz CT molecular complexity index is 348. The van der Waals surface area contributed by atoms with E-state index in [1.54, 1.807) is 0 Å². The number of aliphatic imine (C=N–C) groups is 1. The van der Waals surface area contributed by atoms with Crippen molar-refractivity contribution in [2.45, 2.75) is 20.8 Å². The Morgan fingerprint density at radius 2 is 2.15 bits per heavy atom. The average Bonchev–Trinajstić information content (AvgIpc) is 2.16. The molecule has 0 aliphatic heterocycles. The van der Waals surface area contributed by atoms with Crippen LogP contribution in [0.25, 0.3) is 5.57 Å². The average molecular weight is 173 g/mol. The number of rotatable bonds is 2. The molecule has 1 heteroatoms. The maximum Gasteiger partial charge on any atom is 0.0697 e. The van der Waals surface area contributed by atoms with Crippen molar-refractivity contribution in [3.63, 3.8) is 0 Å². The van der Waals surface area contributed by atoms with E-state index < -0.39 is 0 Å². The third kappa shape index (κ3) is 2.05. The van der Waals surface area contributed by atoms with Crippen LogP contribution in [0.3, 0.4) is 0 Å². The van der Waals surface area contributed by atoms with Crippen molar-refractivity contribution in [1.82, 2.24) is 0 Å². The van der Waals surface area contributed by atoms with Gasteiger partial charge in [-0.2, -0.15) is 0 Å². The van der Waals surface area contributed by atoms with Crippen LogP contribution in [0, 0.1) is 6.92 Å². The van der Waals surface area contributed by atoms with E-state index in [-0.39, 0.29) is 0 Å². The molecule has 1 aromatic rings. The molecular weight excluding hydrogens is 158 g/mol. The normalized spacial score (nSPS) is 11.5. The van der Waals surface area contributed by atoms with Crippen LogP contribution in [0.15, 0.2) is 29.3 Å². The molecule has 0 bridgehead atoms. The van der Waals surface area contributed by atoms with Crippen molar-refractivity contribution >= 4 is 18.0 Å². The van der Waals surface area contributed by atoms with E-state index >= 15 is 0 Å². The van der Waals surface area contributed by atoms with Gasteiger partial charge in [0.05, 0.1) is 5.69 Å². The molecule has 0 saturated heterocycles. The summed E-state index contributed by atoms with van der Waals surface area (Å²) < 4.78 is 0. The van der Waals surface area contributed by atoms with E-state index in [0.29, 0.717) is 0 Å². The minimum absolute atomic E-state index is 0.959. The van der Waals surface area contributed by atoms with E-state index in [1.807, 2.05) is 13.0 Å². The first-order valence-electron chi connectivity index (χ1n) is 4.39. The molecule has 1 aromatic carbocycles. The Morgan fingerprint density at radius 3 is 2.69 bits per heavy atom. The highest BCUT2D eigenvalue weighted by Crippen LogP contribution is 2.26. The monoisotopic (exact) mass is 173 g/mol. The van der Waals surface area contributed by atoms with Gasteiger partial charge in [-0.25, -0.2) is 0 Å². The molecule has 13 heavy (non-hydrogen) atoms. The lowest BCUT2D eigenvalue weighted by Crippen LogP contribution is -1.82. The fraction of sp³-hybridized carbons (Fsp3) is 0.250. The zero-order chi connectivity index (χ0) is 9.84. The Balaban J connectivity index is 3.31. The molecule has 0 atom stereocenters. The predicted molar refractivity (Wildman–Crippen MR) is 59.7 cm³/mol. The van der Waals surface area contributed by atoms with E-state index in [2.05, 4.69) is 43.8 Å². The summed E-state index contributed by atoms with van der Waals surface area (Å²) in [5.41, 5.74) is 4.63. The summed E-state index contributed by atoms with van der Waals surface area (Å²) in [5.74, 6) is 0. The highest BCUT2D eigenvalue weighted by Gasteiger charge is 2.01. The van der Waals surface area contributed by atoms with Gasteiger partial charge >= 0.3 is 0 Å². The van der Waals surface area contributed by atoms with Crippen molar-refractivity contribution in [2.75, 3.05) is 0 Å². The number of hydrogen-bond acceptors (Lipinski definition) is 1. The fourth-order valence-corrected chi connectivity index (χ4v) is 1.26. The third-order valence-corrected chi connectivity index (χ3v) is 2.18.